The minimum absolute atomic E-state index is 0.0248. The molecule has 0 aliphatic heterocycles. The van der Waals surface area contributed by atoms with Crippen LogP contribution in [0.1, 0.15) is 10.4 Å². The fraction of sp³-hybridized carbons (Fsp3) is 0. The summed E-state index contributed by atoms with van der Waals surface area (Å²) in [5.74, 6) is -0.911. The molecule has 6 nitrogen and oxygen atoms in total. The molecule has 0 atom stereocenters. The molecule has 2 aromatic rings. The second-order valence-electron chi connectivity index (χ2n) is 3.65. The number of anilines is 1. The van der Waals surface area contributed by atoms with E-state index in [1.165, 1.54) is 36.5 Å². The number of hydrogen-bond donors (Lipinski definition) is 2. The van der Waals surface area contributed by atoms with Crippen LogP contribution in [0.15, 0.2) is 53.6 Å². The van der Waals surface area contributed by atoms with Crippen LogP contribution >= 0.6 is 0 Å². The summed E-state index contributed by atoms with van der Waals surface area (Å²) in [5.41, 5.74) is 0.0248. The van der Waals surface area contributed by atoms with E-state index in [2.05, 4.69) is 9.71 Å². The maximum Gasteiger partial charge on any atom is 0.335 e. The number of carboxylic acid groups (broad SMARTS) is 1. The Labute approximate surface area is 109 Å². The molecule has 0 fully saturated rings. The third kappa shape index (κ3) is 3.08. The molecule has 98 valence electrons. The summed E-state index contributed by atoms with van der Waals surface area (Å²) >= 11 is 0. The molecule has 2 N–H and O–H groups in total. The first-order valence-corrected chi connectivity index (χ1v) is 6.74. The summed E-state index contributed by atoms with van der Waals surface area (Å²) in [6.45, 7) is 0. The van der Waals surface area contributed by atoms with Gasteiger partial charge in [0.25, 0.3) is 10.0 Å². The second kappa shape index (κ2) is 5.07. The first-order valence-electron chi connectivity index (χ1n) is 5.26. The topological polar surface area (TPSA) is 96.4 Å². The average molecular weight is 278 g/mol. The predicted molar refractivity (Wildman–Crippen MR) is 68.4 cm³/mol. The van der Waals surface area contributed by atoms with E-state index in [4.69, 9.17) is 5.11 Å². The van der Waals surface area contributed by atoms with Crippen molar-refractivity contribution in [2.45, 2.75) is 4.90 Å². The number of pyridine rings is 1. The van der Waals surface area contributed by atoms with Gasteiger partial charge in [0.1, 0.15) is 5.82 Å². The van der Waals surface area contributed by atoms with E-state index in [-0.39, 0.29) is 16.3 Å². The van der Waals surface area contributed by atoms with Gasteiger partial charge in [0, 0.05) is 6.20 Å². The van der Waals surface area contributed by atoms with Gasteiger partial charge in [-0.3, -0.25) is 4.72 Å². The SMILES string of the molecule is O=C(O)c1ccc(S(=O)(=O)Nc2ccccn2)cc1. The molecule has 0 amide bonds. The summed E-state index contributed by atoms with van der Waals surface area (Å²) < 4.78 is 26.3. The number of aromatic carboxylic acids is 1. The Morgan fingerprint density at radius 3 is 2.32 bits per heavy atom. The van der Waals surface area contributed by atoms with Crippen LogP contribution in [0.3, 0.4) is 0 Å². The fourth-order valence-corrected chi connectivity index (χ4v) is 2.40. The molecule has 0 aliphatic carbocycles. The highest BCUT2D eigenvalue weighted by Gasteiger charge is 2.15. The molecule has 7 heteroatoms. The van der Waals surface area contributed by atoms with Gasteiger partial charge < -0.3 is 5.11 Å². The van der Waals surface area contributed by atoms with Gasteiger partial charge in [-0.2, -0.15) is 0 Å². The van der Waals surface area contributed by atoms with E-state index < -0.39 is 16.0 Å². The van der Waals surface area contributed by atoms with Gasteiger partial charge in [-0.1, -0.05) is 6.07 Å². The molecule has 0 saturated heterocycles. The highest BCUT2D eigenvalue weighted by Crippen LogP contribution is 2.14. The molecule has 1 aromatic heterocycles. The summed E-state index contributed by atoms with van der Waals surface area (Å²) in [4.78, 5) is 14.5. The Morgan fingerprint density at radius 1 is 1.11 bits per heavy atom. The number of carbonyl (C=O) groups is 1. The van der Waals surface area contributed by atoms with Crippen molar-refractivity contribution in [2.75, 3.05) is 4.72 Å². The Bertz CT molecular complexity index is 681. The molecule has 0 aliphatic rings. The molecule has 1 aromatic carbocycles. The number of hydrogen-bond acceptors (Lipinski definition) is 4. The van der Waals surface area contributed by atoms with Crippen LogP contribution in [-0.4, -0.2) is 24.5 Å². The molecule has 0 saturated carbocycles. The maximum atomic E-state index is 12.0. The Balaban J connectivity index is 2.27. The Hall–Kier alpha value is -2.41. The van der Waals surface area contributed by atoms with E-state index in [0.717, 1.165) is 0 Å². The highest BCUT2D eigenvalue weighted by molar-refractivity contribution is 7.92. The normalized spacial score (nSPS) is 10.9. The minimum Gasteiger partial charge on any atom is -0.478 e. The first-order chi connectivity index (χ1) is 8.99. The van der Waals surface area contributed by atoms with Crippen LogP contribution in [0.4, 0.5) is 5.82 Å². The molecule has 0 spiro atoms. The predicted octanol–water partition coefficient (Wildman–Crippen LogP) is 1.58. The molecular formula is C12H10N2O4S. The quantitative estimate of drug-likeness (QED) is 0.885. The van der Waals surface area contributed by atoms with Crippen LogP contribution < -0.4 is 4.72 Å². The smallest absolute Gasteiger partial charge is 0.335 e. The molecular weight excluding hydrogens is 268 g/mol. The van der Waals surface area contributed by atoms with Crippen molar-refractivity contribution in [2.24, 2.45) is 0 Å². The van der Waals surface area contributed by atoms with Gasteiger partial charge in [-0.25, -0.2) is 18.2 Å². The number of nitrogens with one attached hydrogen (secondary N) is 1. The van der Waals surface area contributed by atoms with E-state index in [0.29, 0.717) is 0 Å². The van der Waals surface area contributed by atoms with Crippen LogP contribution in [0, 0.1) is 0 Å². The van der Waals surface area contributed by atoms with Gasteiger partial charge in [-0.05, 0) is 36.4 Å². The summed E-state index contributed by atoms with van der Waals surface area (Å²) in [5, 5.41) is 8.74. The highest BCUT2D eigenvalue weighted by atomic mass is 32.2. The van der Waals surface area contributed by atoms with Crippen LogP contribution in [-0.2, 0) is 10.0 Å². The summed E-state index contributed by atoms with van der Waals surface area (Å²) in [6.07, 6.45) is 1.46. The molecule has 1 heterocycles. The minimum atomic E-state index is -3.76. The number of rotatable bonds is 4. The van der Waals surface area contributed by atoms with Crippen molar-refractivity contribution in [3.8, 4) is 0 Å². The zero-order valence-electron chi connectivity index (χ0n) is 9.65. The second-order valence-corrected chi connectivity index (χ2v) is 5.33. The molecule has 0 unspecified atom stereocenters. The third-order valence-corrected chi connectivity index (χ3v) is 3.69. The van der Waals surface area contributed by atoms with E-state index in [9.17, 15) is 13.2 Å². The molecule has 19 heavy (non-hydrogen) atoms. The zero-order valence-corrected chi connectivity index (χ0v) is 10.5. The van der Waals surface area contributed by atoms with Crippen LogP contribution in [0.5, 0.6) is 0 Å². The van der Waals surface area contributed by atoms with E-state index >= 15 is 0 Å². The lowest BCUT2D eigenvalue weighted by molar-refractivity contribution is 0.0697. The fourth-order valence-electron chi connectivity index (χ4n) is 1.40. The lowest BCUT2D eigenvalue weighted by Crippen LogP contribution is -2.14. The van der Waals surface area contributed by atoms with Crippen molar-refractivity contribution in [1.82, 2.24) is 4.98 Å². The van der Waals surface area contributed by atoms with Gasteiger partial charge in [-0.15, -0.1) is 0 Å². The van der Waals surface area contributed by atoms with Crippen LogP contribution in [0.25, 0.3) is 0 Å². The number of sulfonamides is 1. The average Bonchev–Trinajstić information content (AvgIpc) is 2.39. The monoisotopic (exact) mass is 278 g/mol. The molecule has 0 radical (unpaired) electrons. The lowest BCUT2D eigenvalue weighted by atomic mass is 10.2. The molecule has 2 rings (SSSR count). The van der Waals surface area contributed by atoms with Crippen molar-refractivity contribution in [3.63, 3.8) is 0 Å². The van der Waals surface area contributed by atoms with E-state index in [1.54, 1.807) is 12.1 Å². The Kier molecular flexibility index (Phi) is 3.48. The third-order valence-electron chi connectivity index (χ3n) is 2.32. The number of aromatic nitrogens is 1. The van der Waals surface area contributed by atoms with Crippen molar-refractivity contribution < 1.29 is 18.3 Å². The first kappa shape index (κ1) is 13.0. The van der Waals surface area contributed by atoms with Crippen molar-refractivity contribution in [3.05, 3.63) is 54.2 Å². The van der Waals surface area contributed by atoms with Gasteiger partial charge in [0.2, 0.25) is 0 Å². The lowest BCUT2D eigenvalue weighted by Gasteiger charge is -2.07. The van der Waals surface area contributed by atoms with Gasteiger partial charge in [0.15, 0.2) is 0 Å². The van der Waals surface area contributed by atoms with E-state index in [1.807, 2.05) is 0 Å². The van der Waals surface area contributed by atoms with Gasteiger partial charge in [0.05, 0.1) is 10.5 Å². The summed E-state index contributed by atoms with van der Waals surface area (Å²) in [7, 11) is -3.76. The van der Waals surface area contributed by atoms with Gasteiger partial charge >= 0.3 is 5.97 Å². The number of nitrogens with zero attached hydrogens (tertiary/aromatic N) is 1. The standard InChI is InChI=1S/C12H10N2O4S/c15-12(16)9-4-6-10(7-5-9)19(17,18)14-11-3-1-2-8-13-11/h1-8H,(H,13,14)(H,15,16). The number of benzene rings is 1. The number of carboxylic acids is 1. The zero-order chi connectivity index (χ0) is 13.9. The largest absolute Gasteiger partial charge is 0.478 e. The molecule has 0 bridgehead atoms. The van der Waals surface area contributed by atoms with Crippen LogP contribution in [0.2, 0.25) is 0 Å². The van der Waals surface area contributed by atoms with Crippen molar-refractivity contribution in [1.29, 1.82) is 0 Å². The maximum absolute atomic E-state index is 12.0. The van der Waals surface area contributed by atoms with Crippen molar-refractivity contribution >= 4 is 21.8 Å². The summed E-state index contributed by atoms with van der Waals surface area (Å²) in [6, 6.07) is 9.76. The Morgan fingerprint density at radius 2 is 1.79 bits per heavy atom.